The molecule has 0 aliphatic carbocycles. The Hall–Kier alpha value is -4.55. The van der Waals surface area contributed by atoms with Crippen molar-refractivity contribution in [3.05, 3.63) is 87.3 Å². The summed E-state index contributed by atoms with van der Waals surface area (Å²) in [6.45, 7) is 3.68. The minimum absolute atomic E-state index is 0.0488. The Morgan fingerprint density at radius 3 is 2.27 bits per heavy atom. The molecule has 56 heavy (non-hydrogen) atoms. The molecule has 2 fully saturated rings. The predicted molar refractivity (Wildman–Crippen MR) is 217 cm³/mol. The highest BCUT2D eigenvalue weighted by atomic mass is 35.5. The number of nitrogens with one attached hydrogen (secondary N) is 2. The quantitative estimate of drug-likeness (QED) is 0.124. The summed E-state index contributed by atoms with van der Waals surface area (Å²) in [5.41, 5.74) is 2.33. The van der Waals surface area contributed by atoms with Crippen LogP contribution in [0.15, 0.2) is 65.6 Å². The Kier molecular flexibility index (Phi) is 13.3. The standard InChI is InChI=1S/C43H51ClF3N5O4/c1-48-41(54)13-11-32(27-53)49-31-10-12-39(37(24-31)43(45,46)47)52-20-16-29(17-21-52)9-8-28-14-18-51(19-15-28)26-36-38(44)22-30(23-40(36)56-3)35-25-50(2)42(55)34-7-5-4-6-33(34)35/h4-7,10,12,22-25,27-29,32,49H,8-9,11,13-21,26H2,1-3H3,(H,48,54). The first-order valence-corrected chi connectivity index (χ1v) is 19.8. The van der Waals surface area contributed by atoms with Crippen LogP contribution in [0.3, 0.4) is 0 Å². The van der Waals surface area contributed by atoms with E-state index in [1.165, 1.54) is 13.1 Å². The van der Waals surface area contributed by atoms with Crippen molar-refractivity contribution in [2.75, 3.05) is 50.6 Å². The van der Waals surface area contributed by atoms with E-state index in [-0.39, 0.29) is 35.7 Å². The SMILES string of the molecule is CNC(=O)CCC(C=O)Nc1ccc(N2CCC(CCC3CCN(Cc4c(Cl)cc(-c5cn(C)c(=O)c6ccccc56)cc4OC)CC3)CC2)c(C(F)(F)F)c1. The van der Waals surface area contributed by atoms with Crippen molar-refractivity contribution in [3.8, 4) is 16.9 Å². The van der Waals surface area contributed by atoms with Crippen molar-refractivity contribution in [1.29, 1.82) is 0 Å². The Labute approximate surface area is 331 Å². The summed E-state index contributed by atoms with van der Waals surface area (Å²) in [6, 6.07) is 14.9. The van der Waals surface area contributed by atoms with Crippen LogP contribution in [0.1, 0.15) is 62.5 Å². The number of anilines is 2. The van der Waals surface area contributed by atoms with E-state index in [4.69, 9.17) is 16.3 Å². The number of aldehydes is 1. The molecule has 4 aromatic rings. The van der Waals surface area contributed by atoms with Gasteiger partial charge in [-0.2, -0.15) is 13.2 Å². The average molecular weight is 794 g/mol. The van der Waals surface area contributed by atoms with Crippen molar-refractivity contribution in [1.82, 2.24) is 14.8 Å². The number of aryl methyl sites for hydroxylation is 1. The molecular formula is C43H51ClF3N5O4. The van der Waals surface area contributed by atoms with Gasteiger partial charge < -0.3 is 29.6 Å². The normalized spacial score (nSPS) is 16.5. The van der Waals surface area contributed by atoms with Crippen LogP contribution in [-0.4, -0.2) is 68.0 Å². The van der Waals surface area contributed by atoms with E-state index in [2.05, 4.69) is 15.5 Å². The number of pyridine rings is 1. The first kappa shape index (κ1) is 41.1. The maximum atomic E-state index is 14.3. The lowest BCUT2D eigenvalue weighted by atomic mass is 9.85. The number of aromatic nitrogens is 1. The van der Waals surface area contributed by atoms with Crippen LogP contribution in [0.5, 0.6) is 5.75 Å². The van der Waals surface area contributed by atoms with Crippen molar-refractivity contribution in [3.63, 3.8) is 0 Å². The van der Waals surface area contributed by atoms with Gasteiger partial charge in [-0.25, -0.2) is 0 Å². The summed E-state index contributed by atoms with van der Waals surface area (Å²) in [5.74, 6) is 1.55. The van der Waals surface area contributed by atoms with Crippen LogP contribution in [0.25, 0.3) is 21.9 Å². The van der Waals surface area contributed by atoms with Crippen molar-refractivity contribution < 1.29 is 27.5 Å². The van der Waals surface area contributed by atoms with Gasteiger partial charge in [-0.05, 0) is 104 Å². The Morgan fingerprint density at radius 2 is 1.64 bits per heavy atom. The van der Waals surface area contributed by atoms with Gasteiger partial charge in [0.15, 0.2) is 0 Å². The highest BCUT2D eigenvalue weighted by Gasteiger charge is 2.36. The zero-order chi connectivity index (χ0) is 40.0. The van der Waals surface area contributed by atoms with Crippen LogP contribution >= 0.6 is 11.6 Å². The molecule has 0 saturated carbocycles. The lowest BCUT2D eigenvalue weighted by Gasteiger charge is -2.36. The van der Waals surface area contributed by atoms with Gasteiger partial charge in [0.2, 0.25) is 5.91 Å². The first-order chi connectivity index (χ1) is 26.9. The molecule has 3 heterocycles. The maximum Gasteiger partial charge on any atom is 0.418 e. The number of hydrogen-bond donors (Lipinski definition) is 2. The molecule has 2 saturated heterocycles. The number of nitrogens with zero attached hydrogens (tertiary/aromatic N) is 3. The van der Waals surface area contributed by atoms with Gasteiger partial charge in [-0.1, -0.05) is 42.6 Å². The molecule has 0 radical (unpaired) electrons. The molecule has 0 bridgehead atoms. The number of benzene rings is 3. The highest BCUT2D eigenvalue weighted by Crippen LogP contribution is 2.41. The molecule has 300 valence electrons. The molecule has 0 spiro atoms. The summed E-state index contributed by atoms with van der Waals surface area (Å²) in [4.78, 5) is 40.1. The third kappa shape index (κ3) is 9.69. The average Bonchev–Trinajstić information content (AvgIpc) is 3.20. The number of methoxy groups -OCH3 is 1. The first-order valence-electron chi connectivity index (χ1n) is 19.4. The van der Waals surface area contributed by atoms with E-state index < -0.39 is 17.8 Å². The number of halogens is 4. The van der Waals surface area contributed by atoms with E-state index in [9.17, 15) is 27.6 Å². The lowest BCUT2D eigenvalue weighted by molar-refractivity contribution is -0.137. The molecule has 1 amide bonds. The predicted octanol–water partition coefficient (Wildman–Crippen LogP) is 8.30. The number of piperidine rings is 2. The smallest absolute Gasteiger partial charge is 0.418 e. The van der Waals surface area contributed by atoms with Crippen molar-refractivity contribution >= 4 is 45.9 Å². The van der Waals surface area contributed by atoms with Crippen molar-refractivity contribution in [2.24, 2.45) is 18.9 Å². The third-order valence-electron chi connectivity index (χ3n) is 11.6. The van der Waals surface area contributed by atoms with E-state index in [1.807, 2.05) is 47.5 Å². The van der Waals surface area contributed by atoms with Gasteiger partial charge in [-0.15, -0.1) is 0 Å². The lowest BCUT2D eigenvalue weighted by Crippen LogP contribution is -2.36. The number of fused-ring (bicyclic) bond motifs is 1. The number of rotatable bonds is 14. The van der Waals surface area contributed by atoms with Gasteiger partial charge >= 0.3 is 6.18 Å². The van der Waals surface area contributed by atoms with Gasteiger partial charge in [-0.3, -0.25) is 14.5 Å². The second kappa shape index (κ2) is 18.1. The summed E-state index contributed by atoms with van der Waals surface area (Å²) in [7, 11) is 4.90. The fourth-order valence-corrected chi connectivity index (χ4v) is 8.54. The molecule has 2 aliphatic heterocycles. The molecular weight excluding hydrogens is 743 g/mol. The molecule has 6 rings (SSSR count). The van der Waals surface area contributed by atoms with Gasteiger partial charge in [0.1, 0.15) is 12.0 Å². The number of carbonyl (C=O) groups is 2. The minimum Gasteiger partial charge on any atom is -0.496 e. The second-order valence-corrected chi connectivity index (χ2v) is 15.6. The number of amides is 1. The molecule has 3 aromatic carbocycles. The highest BCUT2D eigenvalue weighted by molar-refractivity contribution is 6.32. The van der Waals surface area contributed by atoms with E-state index in [0.29, 0.717) is 48.2 Å². The Balaban J connectivity index is 0.999. The topological polar surface area (TPSA) is 95.9 Å². The number of carbonyl (C=O) groups excluding carboxylic acids is 2. The summed E-state index contributed by atoms with van der Waals surface area (Å²) in [6.07, 6.45) is 4.18. The van der Waals surface area contributed by atoms with Crippen LogP contribution < -0.4 is 25.8 Å². The van der Waals surface area contributed by atoms with Crippen molar-refractivity contribution in [2.45, 2.75) is 70.1 Å². The second-order valence-electron chi connectivity index (χ2n) is 15.2. The zero-order valence-electron chi connectivity index (χ0n) is 32.3. The molecule has 1 aromatic heterocycles. The Bertz CT molecular complexity index is 2070. The summed E-state index contributed by atoms with van der Waals surface area (Å²) in [5, 5.41) is 7.48. The molecule has 2 N–H and O–H groups in total. The monoisotopic (exact) mass is 793 g/mol. The molecule has 1 atom stereocenters. The van der Waals surface area contributed by atoms with Crippen LogP contribution in [0.2, 0.25) is 5.02 Å². The van der Waals surface area contributed by atoms with E-state index in [1.54, 1.807) is 24.8 Å². The minimum atomic E-state index is -4.56. The number of hydrogen-bond acceptors (Lipinski definition) is 7. The fourth-order valence-electron chi connectivity index (χ4n) is 8.27. The fraction of sp³-hybridized carbons (Fsp3) is 0.465. The van der Waals surface area contributed by atoms with Crippen LogP contribution in [0.4, 0.5) is 24.5 Å². The number of alkyl halides is 3. The van der Waals surface area contributed by atoms with Crippen LogP contribution in [-0.2, 0) is 29.4 Å². The molecule has 13 heteroatoms. The van der Waals surface area contributed by atoms with Gasteiger partial charge in [0, 0.05) is 79.3 Å². The number of ether oxygens (including phenoxy) is 1. The molecule has 9 nitrogen and oxygen atoms in total. The maximum absolute atomic E-state index is 14.3. The van der Waals surface area contributed by atoms with E-state index >= 15 is 0 Å². The molecule has 1 unspecified atom stereocenters. The largest absolute Gasteiger partial charge is 0.496 e. The van der Waals surface area contributed by atoms with Gasteiger partial charge in [0.25, 0.3) is 5.56 Å². The number of likely N-dealkylation sites (tertiary alicyclic amines) is 1. The summed E-state index contributed by atoms with van der Waals surface area (Å²) >= 11 is 6.94. The van der Waals surface area contributed by atoms with E-state index in [0.717, 1.165) is 85.5 Å². The zero-order valence-corrected chi connectivity index (χ0v) is 33.0. The molecule has 2 aliphatic rings. The summed E-state index contributed by atoms with van der Waals surface area (Å²) < 4.78 is 50.2. The third-order valence-corrected chi connectivity index (χ3v) is 11.9. The van der Waals surface area contributed by atoms with Crippen LogP contribution in [0, 0.1) is 11.8 Å². The Morgan fingerprint density at radius 1 is 0.982 bits per heavy atom. The van der Waals surface area contributed by atoms with Gasteiger partial charge in [0.05, 0.1) is 18.7 Å².